The van der Waals surface area contributed by atoms with Gasteiger partial charge in [-0.3, -0.25) is 4.79 Å². The van der Waals surface area contributed by atoms with Crippen LogP contribution in [0.5, 0.6) is 0 Å². The maximum Gasteiger partial charge on any atom is 0.163 e. The first-order valence-electron chi connectivity index (χ1n) is 8.76. The Bertz CT molecular complexity index is 672. The van der Waals surface area contributed by atoms with Crippen LogP contribution in [0.15, 0.2) is 30.5 Å². The predicted octanol–water partition coefficient (Wildman–Crippen LogP) is 5.53. The van der Waals surface area contributed by atoms with Gasteiger partial charge < -0.3 is 5.11 Å². The summed E-state index contributed by atoms with van der Waals surface area (Å²) < 4.78 is 0. The Morgan fingerprint density at radius 2 is 2.00 bits per heavy atom. The highest BCUT2D eigenvalue weighted by atomic mass is 16.3. The number of carbonyl (C=O) groups excluding carboxylic acids is 1. The zero-order valence-corrected chi connectivity index (χ0v) is 14.8. The minimum Gasteiger partial charge on any atom is -0.512 e. The molecule has 0 spiro atoms. The molecule has 1 aromatic carbocycles. The van der Waals surface area contributed by atoms with E-state index in [1.165, 1.54) is 11.1 Å². The van der Waals surface area contributed by atoms with Crippen LogP contribution in [0.4, 0.5) is 0 Å². The van der Waals surface area contributed by atoms with Crippen LogP contribution < -0.4 is 0 Å². The lowest BCUT2D eigenvalue weighted by Crippen LogP contribution is -2.51. The van der Waals surface area contributed by atoms with Crippen molar-refractivity contribution in [3.8, 4) is 0 Å². The Labute approximate surface area is 139 Å². The van der Waals surface area contributed by atoms with Gasteiger partial charge in [0.25, 0.3) is 0 Å². The van der Waals surface area contributed by atoms with Crippen LogP contribution in [-0.2, 0) is 5.41 Å². The van der Waals surface area contributed by atoms with Crippen molar-refractivity contribution in [3.63, 3.8) is 0 Å². The van der Waals surface area contributed by atoms with Gasteiger partial charge in [0.05, 0.1) is 5.76 Å². The second-order valence-electron chi connectivity index (χ2n) is 8.27. The Hall–Kier alpha value is -1.57. The fourth-order valence-electron chi connectivity index (χ4n) is 4.94. The van der Waals surface area contributed by atoms with Crippen molar-refractivity contribution in [2.75, 3.05) is 0 Å². The Morgan fingerprint density at radius 1 is 1.30 bits per heavy atom. The summed E-state index contributed by atoms with van der Waals surface area (Å²) in [7, 11) is 0. The number of hydrogen-bond donors (Lipinski definition) is 1. The van der Waals surface area contributed by atoms with E-state index in [0.717, 1.165) is 24.8 Å². The first-order chi connectivity index (χ1) is 10.7. The number of rotatable bonds is 2. The number of Topliss-reactive ketones (excluding diaryl/α,β-unsaturated/α-hetero) is 1. The summed E-state index contributed by atoms with van der Waals surface area (Å²) in [6.45, 7) is 12.5. The highest BCUT2D eigenvalue weighted by Gasteiger charge is 2.54. The molecule has 0 saturated heterocycles. The Balaban J connectivity index is 2.16. The maximum atomic E-state index is 12.9. The third kappa shape index (κ3) is 2.26. The molecule has 23 heavy (non-hydrogen) atoms. The molecule has 0 heterocycles. The zero-order valence-electron chi connectivity index (χ0n) is 14.8. The summed E-state index contributed by atoms with van der Waals surface area (Å²) in [6, 6.07) is 6.44. The average Bonchev–Trinajstić information content (AvgIpc) is 2.49. The van der Waals surface area contributed by atoms with Crippen molar-refractivity contribution in [2.45, 2.75) is 64.7 Å². The Kier molecular flexibility index (Phi) is 3.70. The molecule has 0 amide bonds. The minimum atomic E-state index is -0.364. The highest BCUT2D eigenvalue weighted by Crippen LogP contribution is 2.59. The van der Waals surface area contributed by atoms with Gasteiger partial charge in [-0.15, -0.1) is 0 Å². The first-order valence-corrected chi connectivity index (χ1v) is 8.76. The van der Waals surface area contributed by atoms with E-state index in [4.69, 9.17) is 0 Å². The van der Waals surface area contributed by atoms with Gasteiger partial charge in [-0.05, 0) is 47.3 Å². The zero-order chi connectivity index (χ0) is 17.0. The monoisotopic (exact) mass is 312 g/mol. The number of benzene rings is 1. The van der Waals surface area contributed by atoms with Gasteiger partial charge in [-0.1, -0.05) is 52.8 Å². The average molecular weight is 312 g/mol. The van der Waals surface area contributed by atoms with E-state index in [2.05, 4.69) is 52.5 Å². The number of ketones is 1. The van der Waals surface area contributed by atoms with Gasteiger partial charge in [0.2, 0.25) is 0 Å². The molecule has 1 saturated carbocycles. The Morgan fingerprint density at radius 3 is 2.61 bits per heavy atom. The molecule has 3 rings (SSSR count). The number of aliphatic hydroxyl groups excluding tert-OH is 1. The second kappa shape index (κ2) is 5.22. The molecule has 2 aliphatic carbocycles. The second-order valence-corrected chi connectivity index (χ2v) is 8.27. The van der Waals surface area contributed by atoms with Crippen LogP contribution in [0.25, 0.3) is 0 Å². The number of hydrogen-bond acceptors (Lipinski definition) is 2. The summed E-state index contributed by atoms with van der Waals surface area (Å²) in [5.41, 5.74) is 2.89. The lowest BCUT2D eigenvalue weighted by Gasteiger charge is -2.54. The molecule has 2 heteroatoms. The van der Waals surface area contributed by atoms with E-state index < -0.39 is 0 Å². The number of aliphatic hydroxyl groups is 1. The van der Waals surface area contributed by atoms with Crippen LogP contribution in [0.1, 0.15) is 80.8 Å². The molecule has 0 aromatic heterocycles. The van der Waals surface area contributed by atoms with Gasteiger partial charge in [0.15, 0.2) is 5.78 Å². The van der Waals surface area contributed by atoms with Crippen molar-refractivity contribution in [1.29, 1.82) is 0 Å². The standard InChI is InChI=1S/C21H28O2/c1-13(2)15-7-8-17-16(11-15)18(23)12-19-20(4,14(3)22)9-6-10-21(17,19)5/h7-8,11,13,19,22H,3,6,9-10,12H2,1-2,4-5H3/t19-,20-,21+/m0/s1. The third-order valence-corrected chi connectivity index (χ3v) is 6.61. The van der Waals surface area contributed by atoms with Gasteiger partial charge in [0, 0.05) is 17.4 Å². The van der Waals surface area contributed by atoms with Crippen molar-refractivity contribution in [2.24, 2.45) is 11.3 Å². The predicted molar refractivity (Wildman–Crippen MR) is 94.0 cm³/mol. The first kappa shape index (κ1) is 16.3. The summed E-state index contributed by atoms with van der Waals surface area (Å²) in [5, 5.41) is 10.2. The molecule has 1 N–H and O–H groups in total. The van der Waals surface area contributed by atoms with Gasteiger partial charge in [-0.25, -0.2) is 0 Å². The molecular weight excluding hydrogens is 284 g/mol. The van der Waals surface area contributed by atoms with E-state index in [9.17, 15) is 9.90 Å². The van der Waals surface area contributed by atoms with E-state index in [1.54, 1.807) is 0 Å². The van der Waals surface area contributed by atoms with Crippen molar-refractivity contribution in [1.82, 2.24) is 0 Å². The quantitative estimate of drug-likeness (QED) is 0.729. The van der Waals surface area contributed by atoms with Crippen LogP contribution >= 0.6 is 0 Å². The fraction of sp³-hybridized carbons (Fsp3) is 0.571. The van der Waals surface area contributed by atoms with Crippen molar-refractivity contribution in [3.05, 3.63) is 47.2 Å². The number of carbonyl (C=O) groups is 1. The van der Waals surface area contributed by atoms with Crippen molar-refractivity contribution < 1.29 is 9.90 Å². The summed E-state index contributed by atoms with van der Waals surface area (Å²) in [4.78, 5) is 12.9. The van der Waals surface area contributed by atoms with Crippen LogP contribution in [0.3, 0.4) is 0 Å². The maximum absolute atomic E-state index is 12.9. The van der Waals surface area contributed by atoms with Crippen LogP contribution in [0.2, 0.25) is 0 Å². The summed E-state index contributed by atoms with van der Waals surface area (Å²) >= 11 is 0. The van der Waals surface area contributed by atoms with Crippen molar-refractivity contribution >= 4 is 5.78 Å². The molecule has 2 nitrogen and oxygen atoms in total. The number of allylic oxidation sites excluding steroid dienone is 1. The molecule has 2 aliphatic rings. The highest BCUT2D eigenvalue weighted by molar-refractivity contribution is 5.99. The topological polar surface area (TPSA) is 37.3 Å². The molecule has 1 fully saturated rings. The molecule has 0 bridgehead atoms. The van der Waals surface area contributed by atoms with Gasteiger partial charge in [-0.2, -0.15) is 0 Å². The van der Waals surface area contributed by atoms with E-state index in [0.29, 0.717) is 12.3 Å². The number of fused-ring (bicyclic) bond motifs is 3. The lowest BCUT2D eigenvalue weighted by molar-refractivity contribution is 0.0235. The lowest BCUT2D eigenvalue weighted by atomic mass is 9.49. The molecule has 0 radical (unpaired) electrons. The van der Waals surface area contributed by atoms with Gasteiger partial charge >= 0.3 is 0 Å². The molecule has 124 valence electrons. The van der Waals surface area contributed by atoms with E-state index >= 15 is 0 Å². The van der Waals surface area contributed by atoms with Crippen LogP contribution in [0, 0.1) is 11.3 Å². The molecular formula is C21H28O2. The van der Waals surface area contributed by atoms with E-state index in [1.807, 2.05) is 0 Å². The molecule has 0 unspecified atom stereocenters. The van der Waals surface area contributed by atoms with Crippen LogP contribution in [-0.4, -0.2) is 10.9 Å². The van der Waals surface area contributed by atoms with Gasteiger partial charge in [0.1, 0.15) is 0 Å². The summed E-state index contributed by atoms with van der Waals surface area (Å²) in [6.07, 6.45) is 3.56. The smallest absolute Gasteiger partial charge is 0.163 e. The molecule has 0 aliphatic heterocycles. The third-order valence-electron chi connectivity index (χ3n) is 6.61. The molecule has 3 atom stereocenters. The normalized spacial score (nSPS) is 33.3. The molecule has 1 aromatic rings. The SMILES string of the molecule is C=C(O)[C@]1(C)CCC[C@]2(C)c3ccc(C(C)C)cc3C(=O)C[C@@H]12. The minimum absolute atomic E-state index is 0.0581. The summed E-state index contributed by atoms with van der Waals surface area (Å²) in [5.74, 6) is 1.02. The van der Waals surface area contributed by atoms with E-state index in [-0.39, 0.29) is 28.3 Å². The fourth-order valence-corrected chi connectivity index (χ4v) is 4.94. The largest absolute Gasteiger partial charge is 0.512 e.